The number of carboxylic acid groups (broad SMARTS) is 2. The molecule has 0 bridgehead atoms. The van der Waals surface area contributed by atoms with E-state index >= 15 is 0 Å². The third-order valence-electron chi connectivity index (χ3n) is 16.7. The van der Waals surface area contributed by atoms with Crippen LogP contribution in [-0.4, -0.2) is 286 Å². The second-order valence-corrected chi connectivity index (χ2v) is 25.8. The Morgan fingerprint density at radius 3 is 1.05 bits per heavy atom. The summed E-state index contributed by atoms with van der Waals surface area (Å²) >= 11 is 0. The number of H-pyrrole nitrogens is 2. The van der Waals surface area contributed by atoms with Crippen molar-refractivity contribution in [3.8, 4) is 0 Å². The van der Waals surface area contributed by atoms with Crippen molar-refractivity contribution in [2.24, 2.45) is 5.73 Å². The van der Waals surface area contributed by atoms with Crippen molar-refractivity contribution < 1.29 is 91.2 Å². The summed E-state index contributed by atoms with van der Waals surface area (Å²) in [4.78, 5) is 156. The lowest BCUT2D eigenvalue weighted by Gasteiger charge is -2.22. The quantitative estimate of drug-likeness (QED) is 0.0219. The van der Waals surface area contributed by atoms with Crippen molar-refractivity contribution in [3.63, 3.8) is 0 Å². The second-order valence-electron chi connectivity index (χ2n) is 25.8. The first-order chi connectivity index (χ1) is 55.8. The molecule has 0 aliphatic heterocycles. The van der Waals surface area contributed by atoms with Crippen molar-refractivity contribution in [2.75, 3.05) is 193 Å². The first-order valence-corrected chi connectivity index (χ1v) is 38.3. The zero-order valence-electron chi connectivity index (χ0n) is 64.7. The molecule has 18 N–H and O–H groups in total. The number of aromatic amines is 2. The summed E-state index contributed by atoms with van der Waals surface area (Å²) in [6, 6.07) is 9.97. The van der Waals surface area contributed by atoms with Gasteiger partial charge in [-0.15, -0.1) is 0 Å². The number of ether oxygens (including phenoxy) is 9. The number of nitrogens with one attached hydrogen (secondary N) is 10. The Bertz CT molecular complexity index is 3790. The number of anilines is 4. The highest BCUT2D eigenvalue weighted by molar-refractivity contribution is 5.98. The van der Waals surface area contributed by atoms with Crippen LogP contribution in [0.25, 0.3) is 22.3 Å². The van der Waals surface area contributed by atoms with Gasteiger partial charge in [0.25, 0.3) is 22.9 Å². The van der Waals surface area contributed by atoms with E-state index in [1.807, 2.05) is 0 Å². The molecule has 6 rings (SSSR count). The zero-order valence-corrected chi connectivity index (χ0v) is 64.7. The maximum absolute atomic E-state index is 12.9. The molecule has 0 spiro atoms. The van der Waals surface area contributed by atoms with Gasteiger partial charge in [0.05, 0.1) is 116 Å². The van der Waals surface area contributed by atoms with Crippen LogP contribution in [0.1, 0.15) is 109 Å². The van der Waals surface area contributed by atoms with Crippen LogP contribution in [0.3, 0.4) is 0 Å². The molecule has 0 radical (unpaired) electrons. The Morgan fingerprint density at radius 1 is 0.409 bits per heavy atom. The van der Waals surface area contributed by atoms with Crippen molar-refractivity contribution >= 4 is 93.0 Å². The maximum Gasteiger partial charge on any atom is 0.326 e. The molecule has 0 fully saturated rings. The molecule has 41 nitrogen and oxygen atoms in total. The lowest BCUT2D eigenvalue weighted by molar-refractivity contribution is -0.140. The number of carbonyl (C=O) groups excluding carboxylic acids is 6. The highest BCUT2D eigenvalue weighted by Gasteiger charge is 2.24. The predicted octanol–water partition coefficient (Wildman–Crippen LogP) is -0.250. The fourth-order valence-corrected chi connectivity index (χ4v) is 10.5. The number of hydrogen-bond acceptors (Lipinski definition) is 31. The SMILES string of the molecule is NCCCOCCOCCOCCCN(CCC(=O)NCCCOCCOCCOCCCNC(=O)CCC(NC(=O)c1ccc(NCc2cnc3c(=O)[nH]c(N)nc3n2)cc1)C(=O)O)CCC(=O)NCCCOCCOCCOCCCNC(=O)CCC(NC(=O)c1ccc(NCc2cnc3c(=O)[nH]c(N)nc3n2)cc1)C(=O)O. The van der Waals surface area contributed by atoms with Crippen LogP contribution >= 0.6 is 0 Å². The van der Waals surface area contributed by atoms with E-state index < -0.39 is 47.0 Å². The van der Waals surface area contributed by atoms with Gasteiger partial charge >= 0.3 is 11.9 Å². The molecule has 41 heteroatoms. The van der Waals surface area contributed by atoms with Crippen LogP contribution in [0, 0.1) is 0 Å². The van der Waals surface area contributed by atoms with Gasteiger partial charge in [-0.3, -0.25) is 48.3 Å². The Balaban J connectivity index is 0.711. The fourth-order valence-electron chi connectivity index (χ4n) is 10.5. The molecule has 2 atom stereocenters. The number of benzene rings is 2. The van der Waals surface area contributed by atoms with Crippen LogP contribution in [0.4, 0.5) is 23.3 Å². The predicted molar refractivity (Wildman–Crippen MR) is 420 cm³/mol. The van der Waals surface area contributed by atoms with E-state index in [2.05, 4.69) is 87.3 Å². The lowest BCUT2D eigenvalue weighted by atomic mass is 10.1. The zero-order chi connectivity index (χ0) is 82.5. The lowest BCUT2D eigenvalue weighted by Crippen LogP contribution is -2.41. The number of hydrogen-bond donors (Lipinski definition) is 15. The van der Waals surface area contributed by atoms with Gasteiger partial charge in [-0.1, -0.05) is 0 Å². The maximum atomic E-state index is 12.9. The molecule has 2 unspecified atom stereocenters. The molecule has 115 heavy (non-hydrogen) atoms. The van der Waals surface area contributed by atoms with Gasteiger partial charge in [0, 0.05) is 134 Å². The molecular weight excluding hydrogens is 1500 g/mol. The normalized spacial score (nSPS) is 11.8. The minimum atomic E-state index is -1.30. The van der Waals surface area contributed by atoms with Crippen LogP contribution < -0.4 is 70.9 Å². The number of nitrogen functional groups attached to an aromatic ring is 2. The molecule has 4 aromatic heterocycles. The number of carbonyl (C=O) groups is 8. The number of nitrogens with two attached hydrogens (primary N) is 3. The van der Waals surface area contributed by atoms with Crippen molar-refractivity contribution in [1.29, 1.82) is 0 Å². The molecular formula is C74H110N20O21. The minimum absolute atomic E-state index is 0.0521. The summed E-state index contributed by atoms with van der Waals surface area (Å²) in [6.45, 7) is 11.1. The van der Waals surface area contributed by atoms with Crippen LogP contribution in [0.15, 0.2) is 70.5 Å². The number of aromatic nitrogens is 8. The Kier molecular flexibility index (Phi) is 45.2. The smallest absolute Gasteiger partial charge is 0.326 e. The second kappa shape index (κ2) is 55.8. The Morgan fingerprint density at radius 2 is 0.722 bits per heavy atom. The molecule has 2 aromatic carbocycles. The van der Waals surface area contributed by atoms with Crippen molar-refractivity contribution in [3.05, 3.63) is 104 Å². The van der Waals surface area contributed by atoms with E-state index in [1.54, 1.807) is 24.3 Å². The largest absolute Gasteiger partial charge is 0.480 e. The summed E-state index contributed by atoms with van der Waals surface area (Å²) in [5.41, 5.74) is 18.6. The number of carboxylic acids is 2. The summed E-state index contributed by atoms with van der Waals surface area (Å²) in [7, 11) is 0. The molecule has 0 saturated carbocycles. The number of aliphatic carboxylic acids is 2. The van der Waals surface area contributed by atoms with Gasteiger partial charge in [0.2, 0.25) is 35.5 Å². The molecule has 0 saturated heterocycles. The number of rotatable bonds is 65. The third-order valence-corrected chi connectivity index (χ3v) is 16.7. The monoisotopic (exact) mass is 1610 g/mol. The summed E-state index contributed by atoms with van der Waals surface area (Å²) < 4.78 is 50.4. The molecule has 4 heterocycles. The molecule has 632 valence electrons. The topological polar surface area (TPSA) is 581 Å². The van der Waals surface area contributed by atoms with E-state index in [0.29, 0.717) is 226 Å². The molecule has 0 aliphatic rings. The van der Waals surface area contributed by atoms with Gasteiger partial charge in [0.1, 0.15) is 12.1 Å². The number of amides is 6. The van der Waals surface area contributed by atoms with Crippen LogP contribution in [-0.2, 0) is 84.5 Å². The highest BCUT2D eigenvalue weighted by atomic mass is 16.6. The first kappa shape index (κ1) is 93.3. The van der Waals surface area contributed by atoms with Gasteiger partial charge in [-0.25, -0.2) is 29.5 Å². The van der Waals surface area contributed by atoms with E-state index in [-0.39, 0.29) is 121 Å². The van der Waals surface area contributed by atoms with Crippen LogP contribution in [0.2, 0.25) is 0 Å². The fraction of sp³-hybridized carbons (Fsp3) is 0.568. The van der Waals surface area contributed by atoms with E-state index in [9.17, 15) is 58.2 Å². The van der Waals surface area contributed by atoms with Gasteiger partial charge in [-0.05, 0) is 106 Å². The summed E-state index contributed by atoms with van der Waals surface area (Å²) in [5.74, 6) is -4.96. The van der Waals surface area contributed by atoms with E-state index in [4.69, 9.17) is 59.8 Å². The average Bonchev–Trinajstić information content (AvgIpc) is 0.817. The number of nitrogens with zero attached hydrogens (tertiary/aromatic N) is 7. The summed E-state index contributed by atoms with van der Waals surface area (Å²) in [6.07, 6.45) is 6.50. The highest BCUT2D eigenvalue weighted by Crippen LogP contribution is 2.16. The molecule has 6 amide bonds. The van der Waals surface area contributed by atoms with Crippen LogP contribution in [0.5, 0.6) is 0 Å². The van der Waals surface area contributed by atoms with E-state index in [1.165, 1.54) is 36.7 Å². The van der Waals surface area contributed by atoms with Crippen molar-refractivity contribution in [2.45, 2.75) is 102 Å². The third kappa shape index (κ3) is 39.8. The minimum Gasteiger partial charge on any atom is -0.480 e. The Labute approximate surface area is 663 Å². The van der Waals surface area contributed by atoms with Gasteiger partial charge in [-0.2, -0.15) is 9.97 Å². The average molecular weight is 1620 g/mol. The van der Waals surface area contributed by atoms with E-state index in [0.717, 1.165) is 6.42 Å². The molecule has 6 aromatic rings. The number of fused-ring (bicyclic) bond motifs is 2. The Hall–Kier alpha value is -10.6. The van der Waals surface area contributed by atoms with Crippen molar-refractivity contribution in [1.82, 2.24) is 76.7 Å². The van der Waals surface area contributed by atoms with Gasteiger partial charge in [0.15, 0.2) is 22.3 Å². The first-order valence-electron chi connectivity index (χ1n) is 38.3. The standard InChI is InChI=1S/C74H110N20O21/c75-21-1-29-107-35-41-113-46-40-112-34-6-26-94(27-19-61(97)80-24-4-32-110-38-44-114-42-36-108-30-2-22-78-59(95)17-15-57(71(103)104)88-67(99)51-7-11-53(12-8-51)82-47-55-49-84-63-65(86-55)90-73(76)92-69(63)101)28-20-62(98)81-25-5-33-111-39-45-115-43-37-109-31-3-23-79-60(96)18-16-58(72(105)106)89-68(100)52-9-13-54(14-10-52)83-48-56-50-85-64-66(87-56)91-74(77)93-70(64)102/h7-14,49-50,57-58,82-83H,1-6,15-48,75H2,(H,78,95)(H,79,96)(H,80,97)(H,81,98)(H,88,99)(H,89,100)(H,103,104)(H,105,106)(H3,76,86,90,92,101)(H3,77,87,91,93,102). The summed E-state index contributed by atoms with van der Waals surface area (Å²) in [5, 5.41) is 42.0. The molecule has 0 aliphatic carbocycles. The van der Waals surface area contributed by atoms with Gasteiger partial charge < -0.3 is 117 Å².